The standard InChI is InChI=1S/C12H15ClOSe/c1-2-8-15-11-5-3-4-10(9-11)12(14)6-7-13/h3-5,9H,2,6-8H2,1H3. The number of ketones is 1. The molecule has 0 unspecified atom stereocenters. The second-order valence-electron chi connectivity index (χ2n) is 3.24. The SMILES string of the molecule is CCC[Se]c1cccc(C(=O)CCCl)c1. The Balaban J connectivity index is 2.69. The molecule has 1 aromatic rings. The van der Waals surface area contributed by atoms with E-state index in [4.69, 9.17) is 11.6 Å². The third kappa shape index (κ3) is 4.38. The summed E-state index contributed by atoms with van der Waals surface area (Å²) in [6.07, 6.45) is 1.64. The van der Waals surface area contributed by atoms with E-state index in [1.165, 1.54) is 16.2 Å². The van der Waals surface area contributed by atoms with E-state index in [0.29, 0.717) is 27.3 Å². The van der Waals surface area contributed by atoms with E-state index in [1.54, 1.807) is 0 Å². The molecule has 1 aromatic carbocycles. The molecule has 0 radical (unpaired) electrons. The van der Waals surface area contributed by atoms with Gasteiger partial charge < -0.3 is 0 Å². The Bertz CT molecular complexity index is 325. The van der Waals surface area contributed by atoms with Crippen molar-refractivity contribution in [2.24, 2.45) is 0 Å². The van der Waals surface area contributed by atoms with Crippen molar-refractivity contribution in [1.82, 2.24) is 0 Å². The molecule has 82 valence electrons. The van der Waals surface area contributed by atoms with E-state index in [9.17, 15) is 4.79 Å². The van der Waals surface area contributed by atoms with Crippen LogP contribution in [0.5, 0.6) is 0 Å². The van der Waals surface area contributed by atoms with Crippen molar-refractivity contribution in [2.45, 2.75) is 25.1 Å². The van der Waals surface area contributed by atoms with Gasteiger partial charge in [-0.25, -0.2) is 0 Å². The molecule has 15 heavy (non-hydrogen) atoms. The van der Waals surface area contributed by atoms with E-state index >= 15 is 0 Å². The minimum absolute atomic E-state index is 0.152. The van der Waals surface area contributed by atoms with Crippen LogP contribution in [0.2, 0.25) is 5.32 Å². The number of hydrogen-bond acceptors (Lipinski definition) is 1. The van der Waals surface area contributed by atoms with Crippen LogP contribution in [0.1, 0.15) is 30.1 Å². The topological polar surface area (TPSA) is 17.1 Å². The quantitative estimate of drug-likeness (QED) is 0.447. The Labute approximate surface area is 102 Å². The van der Waals surface area contributed by atoms with Crippen LogP contribution in [0.3, 0.4) is 0 Å². The van der Waals surface area contributed by atoms with Gasteiger partial charge in [-0.1, -0.05) is 0 Å². The van der Waals surface area contributed by atoms with Gasteiger partial charge in [-0.05, 0) is 0 Å². The van der Waals surface area contributed by atoms with Crippen molar-refractivity contribution in [3.05, 3.63) is 29.8 Å². The van der Waals surface area contributed by atoms with Gasteiger partial charge in [0.1, 0.15) is 0 Å². The molecule has 0 N–H and O–H groups in total. The molecule has 0 heterocycles. The summed E-state index contributed by atoms with van der Waals surface area (Å²) < 4.78 is 1.31. The summed E-state index contributed by atoms with van der Waals surface area (Å²) >= 11 is 6.06. The molecule has 0 aliphatic carbocycles. The third-order valence-corrected chi connectivity index (χ3v) is 4.66. The second-order valence-corrected chi connectivity index (χ2v) is 6.07. The Morgan fingerprint density at radius 2 is 2.27 bits per heavy atom. The van der Waals surface area contributed by atoms with Crippen molar-refractivity contribution in [1.29, 1.82) is 0 Å². The molecule has 1 rings (SSSR count). The van der Waals surface area contributed by atoms with Gasteiger partial charge >= 0.3 is 102 Å². The number of hydrogen-bond donors (Lipinski definition) is 0. The van der Waals surface area contributed by atoms with E-state index in [-0.39, 0.29) is 5.78 Å². The molecule has 0 aromatic heterocycles. The number of carbonyl (C=O) groups is 1. The van der Waals surface area contributed by atoms with Gasteiger partial charge in [-0.3, -0.25) is 0 Å². The van der Waals surface area contributed by atoms with Gasteiger partial charge in [0.15, 0.2) is 0 Å². The zero-order valence-electron chi connectivity index (χ0n) is 8.83. The molecule has 0 aliphatic heterocycles. The number of alkyl halides is 1. The molecule has 1 nitrogen and oxygen atoms in total. The Kier molecular flexibility index (Phi) is 6.00. The van der Waals surface area contributed by atoms with Gasteiger partial charge in [0, 0.05) is 0 Å². The number of carbonyl (C=O) groups excluding carboxylic acids is 1. The normalized spacial score (nSPS) is 10.3. The second kappa shape index (κ2) is 7.05. The Morgan fingerprint density at radius 3 is 2.93 bits per heavy atom. The predicted molar refractivity (Wildman–Crippen MR) is 66.6 cm³/mol. The summed E-state index contributed by atoms with van der Waals surface area (Å²) in [5.41, 5.74) is 0.811. The monoisotopic (exact) mass is 290 g/mol. The Morgan fingerprint density at radius 1 is 1.47 bits per heavy atom. The van der Waals surface area contributed by atoms with Crippen LogP contribution in [0, 0.1) is 0 Å². The maximum absolute atomic E-state index is 11.6. The number of halogens is 1. The van der Waals surface area contributed by atoms with Crippen molar-refractivity contribution in [2.75, 3.05) is 5.88 Å². The molecule has 0 fully saturated rings. The van der Waals surface area contributed by atoms with Gasteiger partial charge in [0.2, 0.25) is 0 Å². The molecule has 0 spiro atoms. The summed E-state index contributed by atoms with van der Waals surface area (Å²) in [5.74, 6) is 0.558. The van der Waals surface area contributed by atoms with Crippen LogP contribution in [0.4, 0.5) is 0 Å². The van der Waals surface area contributed by atoms with E-state index in [1.807, 2.05) is 18.2 Å². The minimum atomic E-state index is 0.152. The first-order chi connectivity index (χ1) is 7.27. The summed E-state index contributed by atoms with van der Waals surface area (Å²) in [5, 5.41) is 1.24. The van der Waals surface area contributed by atoms with Crippen LogP contribution in [0.15, 0.2) is 24.3 Å². The van der Waals surface area contributed by atoms with E-state index in [2.05, 4.69) is 13.0 Å². The average Bonchev–Trinajstić information content (AvgIpc) is 2.27. The molecule has 3 heteroatoms. The fraction of sp³-hybridized carbons (Fsp3) is 0.417. The zero-order chi connectivity index (χ0) is 11.1. The number of rotatable bonds is 6. The van der Waals surface area contributed by atoms with Gasteiger partial charge in [-0.2, -0.15) is 0 Å². The third-order valence-electron chi connectivity index (χ3n) is 1.95. The van der Waals surface area contributed by atoms with Crippen LogP contribution < -0.4 is 4.46 Å². The van der Waals surface area contributed by atoms with E-state index < -0.39 is 0 Å². The summed E-state index contributed by atoms with van der Waals surface area (Å²) in [6.45, 7) is 2.18. The predicted octanol–water partition coefficient (Wildman–Crippen LogP) is 2.66. The van der Waals surface area contributed by atoms with Crippen LogP contribution >= 0.6 is 11.6 Å². The fourth-order valence-electron chi connectivity index (χ4n) is 1.21. The summed E-state index contributed by atoms with van der Waals surface area (Å²) in [6, 6.07) is 7.96. The molecule has 0 saturated carbocycles. The van der Waals surface area contributed by atoms with Crippen LogP contribution in [-0.4, -0.2) is 26.6 Å². The van der Waals surface area contributed by atoms with Crippen molar-refractivity contribution in [3.63, 3.8) is 0 Å². The molecule has 0 amide bonds. The van der Waals surface area contributed by atoms with Gasteiger partial charge in [-0.15, -0.1) is 0 Å². The summed E-state index contributed by atoms with van der Waals surface area (Å²) in [7, 11) is 0. The van der Waals surface area contributed by atoms with Gasteiger partial charge in [0.05, 0.1) is 0 Å². The fourth-order valence-corrected chi connectivity index (χ4v) is 3.11. The van der Waals surface area contributed by atoms with E-state index in [0.717, 1.165) is 5.56 Å². The average molecular weight is 290 g/mol. The molecule has 0 bridgehead atoms. The first-order valence-electron chi connectivity index (χ1n) is 5.10. The van der Waals surface area contributed by atoms with Crippen molar-refractivity contribution >= 4 is 36.8 Å². The Hall–Kier alpha value is -0.301. The van der Waals surface area contributed by atoms with Crippen LogP contribution in [0.25, 0.3) is 0 Å². The molecule has 0 aliphatic rings. The zero-order valence-corrected chi connectivity index (χ0v) is 11.3. The molecular formula is C12H15ClOSe. The van der Waals surface area contributed by atoms with Gasteiger partial charge in [0.25, 0.3) is 0 Å². The van der Waals surface area contributed by atoms with Crippen molar-refractivity contribution < 1.29 is 4.79 Å². The summed E-state index contributed by atoms with van der Waals surface area (Å²) in [4.78, 5) is 11.6. The first kappa shape index (κ1) is 12.8. The molecule has 0 saturated heterocycles. The number of Topliss-reactive ketones (excluding diaryl/α,β-unsaturated/α-hetero) is 1. The molecule has 0 atom stereocenters. The molecular weight excluding hydrogens is 275 g/mol. The number of benzene rings is 1. The first-order valence-corrected chi connectivity index (χ1v) is 7.70. The van der Waals surface area contributed by atoms with Crippen LogP contribution in [-0.2, 0) is 0 Å². The maximum atomic E-state index is 11.6. The van der Waals surface area contributed by atoms with Crippen molar-refractivity contribution in [3.8, 4) is 0 Å².